The fourth-order valence-corrected chi connectivity index (χ4v) is 17.2. The van der Waals surface area contributed by atoms with Crippen molar-refractivity contribution in [2.75, 3.05) is 0 Å². The second-order valence-corrected chi connectivity index (χ2v) is 23.1. The number of para-hydroxylation sites is 2. The predicted octanol–water partition coefficient (Wildman–Crippen LogP) is 13.5. The minimum atomic E-state index is -2.62. The lowest BCUT2D eigenvalue weighted by Gasteiger charge is -2.31. The molecule has 10 aromatic carbocycles. The Morgan fingerprint density at radius 3 is 1.55 bits per heavy atom. The number of fused-ring (bicyclic) bond motifs is 10. The minimum Gasteiger partial charge on any atom is -0.309 e. The van der Waals surface area contributed by atoms with E-state index in [0.717, 1.165) is 72.3 Å². The Morgan fingerprint density at radius 1 is 0.307 bits per heavy atom. The first-order valence-electron chi connectivity index (χ1n) is 25.5. The molecule has 0 amide bonds. The topological polar surface area (TPSA) is 61.4 Å². The third-order valence-corrected chi connectivity index (χ3v) is 20.1. The molecule has 14 aromatic rings. The van der Waals surface area contributed by atoms with Gasteiger partial charge in [-0.3, -0.25) is 4.57 Å². The van der Waals surface area contributed by atoms with Crippen molar-refractivity contribution in [2.45, 2.75) is 0 Å². The monoisotopic (exact) mass is 972 g/mol. The van der Waals surface area contributed by atoms with Crippen molar-refractivity contribution in [3.63, 3.8) is 0 Å². The van der Waals surface area contributed by atoms with Crippen LogP contribution in [0.5, 0.6) is 0 Å². The van der Waals surface area contributed by atoms with Gasteiger partial charge in [-0.1, -0.05) is 218 Å². The molecule has 0 N–H and O–H groups in total. The standard InChI is InChI=1S/C68H44N6Si/c1-5-21-45(22-6-1)66-70-67(46-23-7-2-8-24-46)72-68(71-66)48-25-19-26-49(43-48)73-59-36-17-14-33-55(59)64-60(73)41-40-54-52-31-13-16-35-58(52)74(65(54)64)63-38-20-34-57(69-63)47-39-42-62-56(44-47)53-32-15-18-37-61(53)75(62,50-27-9-3-10-28-50)51-29-11-4-12-30-51/h1-44H. The van der Waals surface area contributed by atoms with E-state index in [9.17, 15) is 0 Å². The molecule has 0 saturated carbocycles. The highest BCUT2D eigenvalue weighted by Gasteiger charge is 2.48. The fraction of sp³-hybridized carbons (Fsp3) is 0. The maximum Gasteiger partial charge on any atom is 0.180 e. The van der Waals surface area contributed by atoms with Crippen LogP contribution in [-0.2, 0) is 0 Å². The summed E-state index contributed by atoms with van der Waals surface area (Å²) in [7, 11) is -2.62. The van der Waals surface area contributed by atoms with Crippen molar-refractivity contribution >= 4 is 72.4 Å². The molecule has 0 atom stereocenters. The van der Waals surface area contributed by atoms with Gasteiger partial charge in [0.25, 0.3) is 0 Å². The van der Waals surface area contributed by atoms with Crippen LogP contribution in [0.25, 0.3) is 112 Å². The zero-order valence-electron chi connectivity index (χ0n) is 40.6. The molecule has 0 radical (unpaired) electrons. The Hall–Kier alpha value is -9.82. The number of hydrogen-bond acceptors (Lipinski definition) is 4. The van der Waals surface area contributed by atoms with Crippen LogP contribution >= 0.6 is 0 Å². The fourth-order valence-electron chi connectivity index (χ4n) is 12.1. The molecule has 15 rings (SSSR count). The third kappa shape index (κ3) is 6.65. The van der Waals surface area contributed by atoms with Crippen molar-refractivity contribution in [1.29, 1.82) is 0 Å². The second-order valence-electron chi connectivity index (χ2n) is 19.3. The molecule has 1 aliphatic rings. The van der Waals surface area contributed by atoms with Crippen LogP contribution in [0.4, 0.5) is 0 Å². The maximum absolute atomic E-state index is 5.62. The summed E-state index contributed by atoms with van der Waals surface area (Å²) in [6, 6.07) is 95.9. The first kappa shape index (κ1) is 42.8. The van der Waals surface area contributed by atoms with Gasteiger partial charge in [0, 0.05) is 49.5 Å². The minimum absolute atomic E-state index is 0.611. The predicted molar refractivity (Wildman–Crippen MR) is 311 cm³/mol. The van der Waals surface area contributed by atoms with Gasteiger partial charge in [-0.05, 0) is 80.4 Å². The zero-order valence-corrected chi connectivity index (χ0v) is 41.6. The van der Waals surface area contributed by atoms with Crippen molar-refractivity contribution in [3.05, 3.63) is 267 Å². The van der Waals surface area contributed by atoms with E-state index in [1.165, 1.54) is 42.6 Å². The highest BCUT2D eigenvalue weighted by Crippen LogP contribution is 2.43. The van der Waals surface area contributed by atoms with Gasteiger partial charge >= 0.3 is 0 Å². The summed E-state index contributed by atoms with van der Waals surface area (Å²) in [4.78, 5) is 20.8. The van der Waals surface area contributed by atoms with Crippen LogP contribution in [-0.4, -0.2) is 37.1 Å². The van der Waals surface area contributed by atoms with E-state index < -0.39 is 8.07 Å². The molecule has 350 valence electrons. The molecule has 0 bridgehead atoms. The molecule has 0 fully saturated rings. The number of pyridine rings is 1. The number of rotatable bonds is 8. The van der Waals surface area contributed by atoms with E-state index in [2.05, 4.69) is 215 Å². The summed E-state index contributed by atoms with van der Waals surface area (Å²) in [5.74, 6) is 2.73. The number of benzene rings is 10. The highest BCUT2D eigenvalue weighted by atomic mass is 28.3. The normalized spacial score (nSPS) is 12.6. The molecule has 4 aromatic heterocycles. The van der Waals surface area contributed by atoms with Crippen molar-refractivity contribution in [2.24, 2.45) is 0 Å². The van der Waals surface area contributed by atoms with Gasteiger partial charge < -0.3 is 4.57 Å². The molecular formula is C68H44N6Si. The molecule has 0 unspecified atom stereocenters. The first-order chi connectivity index (χ1) is 37.2. The quantitative estimate of drug-likeness (QED) is 0.142. The summed E-state index contributed by atoms with van der Waals surface area (Å²) in [5, 5.41) is 10.3. The lowest BCUT2D eigenvalue weighted by atomic mass is 10.0. The molecule has 75 heavy (non-hydrogen) atoms. The largest absolute Gasteiger partial charge is 0.309 e. The lowest BCUT2D eigenvalue weighted by Crippen LogP contribution is -2.72. The van der Waals surface area contributed by atoms with E-state index >= 15 is 0 Å². The van der Waals surface area contributed by atoms with Gasteiger partial charge in [-0.15, -0.1) is 0 Å². The lowest BCUT2D eigenvalue weighted by molar-refractivity contribution is 1.07. The van der Waals surface area contributed by atoms with Gasteiger partial charge in [0.2, 0.25) is 0 Å². The Morgan fingerprint density at radius 2 is 0.853 bits per heavy atom. The molecule has 0 aliphatic carbocycles. The van der Waals surface area contributed by atoms with Crippen LogP contribution in [0, 0.1) is 0 Å². The highest BCUT2D eigenvalue weighted by molar-refractivity contribution is 7.22. The van der Waals surface area contributed by atoms with Crippen LogP contribution in [0.15, 0.2) is 267 Å². The second kappa shape index (κ2) is 17.2. The summed E-state index contributed by atoms with van der Waals surface area (Å²) in [5.41, 5.74) is 12.8. The van der Waals surface area contributed by atoms with E-state index in [-0.39, 0.29) is 0 Å². The molecule has 0 saturated heterocycles. The summed E-state index contributed by atoms with van der Waals surface area (Å²) in [6.45, 7) is 0. The Bertz CT molecular complexity index is 4430. The van der Waals surface area contributed by atoms with Gasteiger partial charge in [0.1, 0.15) is 5.82 Å². The maximum atomic E-state index is 5.62. The average Bonchev–Trinajstić information content (AvgIpc) is 4.27. The van der Waals surface area contributed by atoms with E-state index in [4.69, 9.17) is 19.9 Å². The smallest absolute Gasteiger partial charge is 0.180 e. The summed E-state index contributed by atoms with van der Waals surface area (Å²) in [6.07, 6.45) is 0. The first-order valence-corrected chi connectivity index (χ1v) is 27.5. The Kier molecular flexibility index (Phi) is 9.80. The molecule has 0 spiro atoms. The molecule has 5 heterocycles. The van der Waals surface area contributed by atoms with Crippen molar-refractivity contribution < 1.29 is 0 Å². The molecular weight excluding hydrogens is 929 g/mol. The zero-order chi connectivity index (χ0) is 49.5. The van der Waals surface area contributed by atoms with Gasteiger partial charge in [0.05, 0.1) is 27.8 Å². The van der Waals surface area contributed by atoms with Crippen LogP contribution in [0.3, 0.4) is 0 Å². The molecule has 7 heteroatoms. The average molecular weight is 973 g/mol. The Labute approximate surface area is 434 Å². The Balaban J connectivity index is 0.906. The summed E-state index contributed by atoms with van der Waals surface area (Å²) < 4.78 is 4.77. The van der Waals surface area contributed by atoms with E-state index in [1.54, 1.807) is 0 Å². The van der Waals surface area contributed by atoms with E-state index in [1.807, 2.05) is 60.7 Å². The summed E-state index contributed by atoms with van der Waals surface area (Å²) >= 11 is 0. The van der Waals surface area contributed by atoms with Gasteiger partial charge in [0.15, 0.2) is 25.5 Å². The SMILES string of the molecule is c1ccc(-c2nc(-c3ccccc3)nc(-c3cccc(-n4c5ccccc5c5c4ccc4c6ccccc6n(-c6cccc(-c7ccc8c(c7)-c7ccccc7[Si]8(c7ccccc7)c7ccccc7)n6)c45)c3)n2)cc1. The number of nitrogens with zero attached hydrogens (tertiary/aromatic N) is 6. The number of hydrogen-bond donors (Lipinski definition) is 0. The molecule has 1 aliphatic heterocycles. The van der Waals surface area contributed by atoms with Gasteiger partial charge in [-0.25, -0.2) is 19.9 Å². The van der Waals surface area contributed by atoms with Crippen LogP contribution < -0.4 is 20.7 Å². The van der Waals surface area contributed by atoms with E-state index in [0.29, 0.717) is 17.5 Å². The van der Waals surface area contributed by atoms with Crippen molar-refractivity contribution in [3.8, 4) is 68.1 Å². The third-order valence-electron chi connectivity index (χ3n) is 15.2. The number of aromatic nitrogens is 6. The van der Waals surface area contributed by atoms with Crippen LogP contribution in [0.1, 0.15) is 0 Å². The van der Waals surface area contributed by atoms with Gasteiger partial charge in [-0.2, -0.15) is 0 Å². The van der Waals surface area contributed by atoms with Crippen LogP contribution in [0.2, 0.25) is 0 Å². The molecule has 6 nitrogen and oxygen atoms in total. The van der Waals surface area contributed by atoms with Crippen molar-refractivity contribution in [1.82, 2.24) is 29.1 Å².